The third-order valence-corrected chi connectivity index (χ3v) is 2.39. The van der Waals surface area contributed by atoms with Crippen LogP contribution in [0, 0.1) is 0 Å². The van der Waals surface area contributed by atoms with E-state index in [0.717, 1.165) is 10.8 Å². The Morgan fingerprint density at radius 2 is 2.08 bits per heavy atom. The highest BCUT2D eigenvalue weighted by Gasteiger charge is 2.00. The highest BCUT2D eigenvalue weighted by atomic mass is 35.5. The van der Waals surface area contributed by atoms with Crippen LogP contribution in [0.5, 0.6) is 0 Å². The molecule has 1 heterocycles. The Balaban J connectivity index is 0. The molecule has 0 fully saturated rings. The Kier molecular flexibility index (Phi) is 8.36. The van der Waals surface area contributed by atoms with Crippen molar-refractivity contribution in [2.75, 3.05) is 19.0 Å². The molecule has 0 bridgehead atoms. The summed E-state index contributed by atoms with van der Waals surface area (Å²) in [7, 11) is 3.94. The molecule has 6 heteroatoms. The van der Waals surface area contributed by atoms with Crippen LogP contribution >= 0.6 is 47.8 Å². The van der Waals surface area contributed by atoms with Gasteiger partial charge in [-0.1, -0.05) is 0 Å². The molecule has 0 saturated heterocycles. The molecule has 0 atom stereocenters. The van der Waals surface area contributed by atoms with E-state index in [1.165, 1.54) is 0 Å². The SMILES string of the molecule is CN(C)c1nc(CCl)cs1.Cl.Cl. The summed E-state index contributed by atoms with van der Waals surface area (Å²) in [5, 5.41) is 2.98. The molecule has 0 unspecified atom stereocenters. The number of anilines is 1. The van der Waals surface area contributed by atoms with E-state index in [1.54, 1.807) is 11.3 Å². The van der Waals surface area contributed by atoms with E-state index in [9.17, 15) is 0 Å². The highest BCUT2D eigenvalue weighted by Crippen LogP contribution is 2.18. The van der Waals surface area contributed by atoms with Gasteiger partial charge in [0, 0.05) is 19.5 Å². The summed E-state index contributed by atoms with van der Waals surface area (Å²) in [6, 6.07) is 0. The van der Waals surface area contributed by atoms with E-state index in [1.807, 2.05) is 24.4 Å². The van der Waals surface area contributed by atoms with Gasteiger partial charge in [-0.3, -0.25) is 0 Å². The van der Waals surface area contributed by atoms with Crippen molar-refractivity contribution in [3.8, 4) is 0 Å². The van der Waals surface area contributed by atoms with Crippen molar-refractivity contribution in [1.29, 1.82) is 0 Å². The summed E-state index contributed by atoms with van der Waals surface area (Å²) in [5.41, 5.74) is 0.954. The van der Waals surface area contributed by atoms with Crippen LogP contribution in [0.4, 0.5) is 5.13 Å². The lowest BCUT2D eigenvalue weighted by Gasteiger charge is -2.04. The monoisotopic (exact) mass is 248 g/mol. The molecule has 1 aromatic rings. The van der Waals surface area contributed by atoms with E-state index in [4.69, 9.17) is 11.6 Å². The molecule has 0 amide bonds. The van der Waals surface area contributed by atoms with Crippen LogP contribution in [-0.2, 0) is 5.88 Å². The Morgan fingerprint density at radius 3 is 2.33 bits per heavy atom. The Hall–Kier alpha value is 0.300. The van der Waals surface area contributed by atoms with Gasteiger partial charge < -0.3 is 4.90 Å². The summed E-state index contributed by atoms with van der Waals surface area (Å²) < 4.78 is 0. The highest BCUT2D eigenvalue weighted by molar-refractivity contribution is 7.13. The van der Waals surface area contributed by atoms with Crippen LogP contribution in [-0.4, -0.2) is 19.1 Å². The minimum atomic E-state index is 0. The summed E-state index contributed by atoms with van der Waals surface area (Å²) in [5.74, 6) is 0.504. The van der Waals surface area contributed by atoms with Gasteiger partial charge in [0.1, 0.15) is 0 Å². The second kappa shape index (κ2) is 6.78. The molecule has 1 aromatic heterocycles. The van der Waals surface area contributed by atoms with Gasteiger partial charge in [-0.25, -0.2) is 4.98 Å². The fraction of sp³-hybridized carbons (Fsp3) is 0.500. The second-order valence-corrected chi connectivity index (χ2v) is 3.25. The largest absolute Gasteiger partial charge is 0.354 e. The molecule has 0 spiro atoms. The van der Waals surface area contributed by atoms with Gasteiger partial charge in [0.05, 0.1) is 11.6 Å². The summed E-state index contributed by atoms with van der Waals surface area (Å²) in [6.07, 6.45) is 0. The molecule has 0 aromatic carbocycles. The second-order valence-electron chi connectivity index (χ2n) is 2.15. The van der Waals surface area contributed by atoms with Crippen molar-refractivity contribution in [3.63, 3.8) is 0 Å². The standard InChI is InChI=1S/C6H9ClN2S.2ClH/c1-9(2)6-8-5(3-7)4-10-6;;/h4H,3H2,1-2H3;2*1H. The maximum absolute atomic E-state index is 5.57. The molecule has 12 heavy (non-hydrogen) atoms. The molecule has 0 aliphatic heterocycles. The Morgan fingerprint density at radius 1 is 1.50 bits per heavy atom. The van der Waals surface area contributed by atoms with Gasteiger partial charge in [0.15, 0.2) is 5.13 Å². The third kappa shape index (κ3) is 3.81. The zero-order chi connectivity index (χ0) is 7.56. The van der Waals surface area contributed by atoms with E-state index in [-0.39, 0.29) is 24.8 Å². The molecule has 0 saturated carbocycles. The lowest BCUT2D eigenvalue weighted by Crippen LogP contribution is -2.07. The van der Waals surface area contributed by atoms with Crippen LogP contribution < -0.4 is 4.90 Å². The van der Waals surface area contributed by atoms with E-state index in [2.05, 4.69) is 4.98 Å². The van der Waals surface area contributed by atoms with E-state index >= 15 is 0 Å². The van der Waals surface area contributed by atoms with Crippen LogP contribution in [0.25, 0.3) is 0 Å². The van der Waals surface area contributed by atoms with Crippen LogP contribution in [0.15, 0.2) is 5.38 Å². The zero-order valence-corrected chi connectivity index (χ0v) is 9.99. The number of rotatable bonds is 2. The molecule has 0 N–H and O–H groups in total. The molecule has 0 radical (unpaired) electrons. The van der Waals surface area contributed by atoms with Crippen molar-refractivity contribution in [3.05, 3.63) is 11.1 Å². The van der Waals surface area contributed by atoms with Gasteiger partial charge in [0.2, 0.25) is 0 Å². The normalized spacial score (nSPS) is 8.25. The van der Waals surface area contributed by atoms with Gasteiger partial charge in [0.25, 0.3) is 0 Å². The number of hydrogen-bond donors (Lipinski definition) is 0. The lowest BCUT2D eigenvalue weighted by molar-refractivity contribution is 1.08. The molecule has 0 aliphatic carbocycles. The Bertz CT molecular complexity index is 214. The first-order chi connectivity index (χ1) is 4.74. The number of thiazole rings is 1. The van der Waals surface area contributed by atoms with Crippen molar-refractivity contribution < 1.29 is 0 Å². The minimum Gasteiger partial charge on any atom is -0.354 e. The summed E-state index contributed by atoms with van der Waals surface area (Å²) in [4.78, 5) is 6.21. The number of hydrogen-bond acceptors (Lipinski definition) is 3. The fourth-order valence-electron chi connectivity index (χ4n) is 0.563. The van der Waals surface area contributed by atoms with Gasteiger partial charge in [-0.15, -0.1) is 47.8 Å². The maximum atomic E-state index is 5.57. The minimum absolute atomic E-state index is 0. The zero-order valence-electron chi connectivity index (χ0n) is 6.78. The number of alkyl halides is 1. The molecule has 0 aliphatic rings. The number of halogens is 3. The van der Waals surface area contributed by atoms with Gasteiger partial charge in [-0.05, 0) is 0 Å². The molecule has 2 nitrogen and oxygen atoms in total. The molecular weight excluding hydrogens is 239 g/mol. The average molecular weight is 250 g/mol. The number of aromatic nitrogens is 1. The quantitative estimate of drug-likeness (QED) is 0.750. The van der Waals surface area contributed by atoms with Crippen molar-refractivity contribution in [1.82, 2.24) is 4.98 Å². The van der Waals surface area contributed by atoms with Gasteiger partial charge in [-0.2, -0.15) is 0 Å². The maximum Gasteiger partial charge on any atom is 0.185 e. The third-order valence-electron chi connectivity index (χ3n) is 1.06. The summed E-state index contributed by atoms with van der Waals surface area (Å²) >= 11 is 7.18. The molecule has 1 rings (SSSR count). The summed E-state index contributed by atoms with van der Waals surface area (Å²) in [6.45, 7) is 0. The van der Waals surface area contributed by atoms with E-state index in [0.29, 0.717) is 5.88 Å². The lowest BCUT2D eigenvalue weighted by atomic mass is 10.6. The predicted octanol–water partition coefficient (Wildman–Crippen LogP) is 2.79. The van der Waals surface area contributed by atoms with Crippen LogP contribution in [0.2, 0.25) is 0 Å². The van der Waals surface area contributed by atoms with Crippen molar-refractivity contribution in [2.24, 2.45) is 0 Å². The molecular formula is C6H11Cl3N2S. The smallest absolute Gasteiger partial charge is 0.185 e. The van der Waals surface area contributed by atoms with Crippen LogP contribution in [0.1, 0.15) is 5.69 Å². The first kappa shape index (κ1) is 14.8. The average Bonchev–Trinajstić information content (AvgIpc) is 2.34. The van der Waals surface area contributed by atoms with Crippen molar-refractivity contribution >= 4 is 52.9 Å². The topological polar surface area (TPSA) is 16.1 Å². The van der Waals surface area contributed by atoms with Crippen molar-refractivity contribution in [2.45, 2.75) is 5.88 Å². The van der Waals surface area contributed by atoms with E-state index < -0.39 is 0 Å². The molecule has 72 valence electrons. The first-order valence-electron chi connectivity index (χ1n) is 2.91. The predicted molar refractivity (Wildman–Crippen MR) is 60.5 cm³/mol. The number of nitrogens with zero attached hydrogens (tertiary/aromatic N) is 2. The van der Waals surface area contributed by atoms with Crippen LogP contribution in [0.3, 0.4) is 0 Å². The Labute approximate surface area is 93.8 Å². The first-order valence-corrected chi connectivity index (χ1v) is 4.33. The van der Waals surface area contributed by atoms with Gasteiger partial charge >= 0.3 is 0 Å². The fourth-order valence-corrected chi connectivity index (χ4v) is 1.55.